The minimum absolute atomic E-state index is 0.125. The van der Waals surface area contributed by atoms with Crippen LogP contribution in [-0.2, 0) is 6.42 Å². The van der Waals surface area contributed by atoms with Crippen molar-refractivity contribution in [2.24, 2.45) is 0 Å². The van der Waals surface area contributed by atoms with E-state index in [0.717, 1.165) is 23.0 Å². The average Bonchev–Trinajstić information content (AvgIpc) is 3.12. The molecule has 2 aromatic carbocycles. The maximum Gasteiger partial charge on any atom is 0.231 e. The predicted molar refractivity (Wildman–Crippen MR) is 75.3 cm³/mol. The van der Waals surface area contributed by atoms with Gasteiger partial charge < -0.3 is 9.15 Å². The first-order valence-electron chi connectivity index (χ1n) is 6.61. The van der Waals surface area contributed by atoms with Crippen LogP contribution >= 0.6 is 0 Å². The molecule has 4 rings (SSSR count). The first kappa shape index (κ1) is 11.3. The Labute approximate surface area is 115 Å². The Kier molecular flexibility index (Phi) is 2.39. The molecule has 0 spiro atoms. The van der Waals surface area contributed by atoms with Gasteiger partial charge >= 0.3 is 0 Å². The molecule has 0 saturated heterocycles. The molecular weight excluding hydrogens is 252 g/mol. The molecule has 0 unspecified atom stereocenters. The summed E-state index contributed by atoms with van der Waals surface area (Å²) in [6.45, 7) is 0.639. The summed E-state index contributed by atoms with van der Waals surface area (Å²) >= 11 is 0. The molecule has 1 aliphatic heterocycles. The fourth-order valence-corrected chi connectivity index (χ4v) is 2.62. The number of fused-ring (bicyclic) bond motifs is 2. The number of rotatable bonds is 2. The van der Waals surface area contributed by atoms with Gasteiger partial charge in [-0.3, -0.25) is 4.79 Å². The lowest BCUT2D eigenvalue weighted by molar-refractivity contribution is 0.101. The molecule has 20 heavy (non-hydrogen) atoms. The lowest BCUT2D eigenvalue weighted by Gasteiger charge is -2.04. The average molecular weight is 264 g/mol. The van der Waals surface area contributed by atoms with Crippen molar-refractivity contribution in [1.82, 2.24) is 0 Å². The Hall–Kier alpha value is -2.55. The molecule has 0 amide bonds. The van der Waals surface area contributed by atoms with E-state index in [1.54, 1.807) is 12.1 Å². The maximum absolute atomic E-state index is 12.6. The monoisotopic (exact) mass is 264 g/mol. The van der Waals surface area contributed by atoms with Crippen molar-refractivity contribution in [1.29, 1.82) is 0 Å². The molecule has 1 aromatic heterocycles. The van der Waals surface area contributed by atoms with Crippen LogP contribution in [0.2, 0.25) is 0 Å². The van der Waals surface area contributed by atoms with E-state index in [9.17, 15) is 4.79 Å². The van der Waals surface area contributed by atoms with Crippen molar-refractivity contribution in [3.8, 4) is 5.75 Å². The molecule has 0 aliphatic carbocycles. The smallest absolute Gasteiger partial charge is 0.231 e. The highest BCUT2D eigenvalue weighted by atomic mass is 16.5. The quantitative estimate of drug-likeness (QED) is 0.664. The van der Waals surface area contributed by atoms with E-state index in [1.807, 2.05) is 36.4 Å². The maximum atomic E-state index is 12.6. The zero-order valence-corrected chi connectivity index (χ0v) is 10.8. The van der Waals surface area contributed by atoms with Gasteiger partial charge in [-0.1, -0.05) is 30.3 Å². The van der Waals surface area contributed by atoms with Crippen molar-refractivity contribution < 1.29 is 13.9 Å². The summed E-state index contributed by atoms with van der Waals surface area (Å²) in [7, 11) is 0. The van der Waals surface area contributed by atoms with Crippen LogP contribution in [0.5, 0.6) is 5.75 Å². The summed E-state index contributed by atoms with van der Waals surface area (Å²) < 4.78 is 11.2. The highest BCUT2D eigenvalue weighted by Crippen LogP contribution is 2.32. The zero-order chi connectivity index (χ0) is 13.5. The summed E-state index contributed by atoms with van der Waals surface area (Å²) in [6, 6.07) is 15.1. The van der Waals surface area contributed by atoms with Gasteiger partial charge in [0.2, 0.25) is 5.78 Å². The number of benzene rings is 2. The predicted octanol–water partition coefficient (Wildman–Crippen LogP) is 3.60. The van der Waals surface area contributed by atoms with Crippen molar-refractivity contribution in [3.63, 3.8) is 0 Å². The Morgan fingerprint density at radius 2 is 1.95 bits per heavy atom. The van der Waals surface area contributed by atoms with E-state index in [-0.39, 0.29) is 5.78 Å². The zero-order valence-electron chi connectivity index (χ0n) is 10.8. The third-order valence-corrected chi connectivity index (χ3v) is 3.61. The summed E-state index contributed by atoms with van der Waals surface area (Å²) in [4.78, 5) is 12.6. The van der Waals surface area contributed by atoms with Gasteiger partial charge in [0.25, 0.3) is 0 Å². The van der Waals surface area contributed by atoms with E-state index in [1.165, 1.54) is 0 Å². The van der Waals surface area contributed by atoms with Crippen LogP contribution in [0.15, 0.2) is 52.9 Å². The summed E-state index contributed by atoms with van der Waals surface area (Å²) in [5.41, 5.74) is 2.40. The van der Waals surface area contributed by atoms with E-state index in [4.69, 9.17) is 9.15 Å². The minimum Gasteiger partial charge on any atom is -0.492 e. The largest absolute Gasteiger partial charge is 0.492 e. The first-order chi connectivity index (χ1) is 9.83. The van der Waals surface area contributed by atoms with Crippen LogP contribution in [0.25, 0.3) is 11.0 Å². The molecule has 0 bridgehead atoms. The molecule has 98 valence electrons. The van der Waals surface area contributed by atoms with Crippen molar-refractivity contribution in [3.05, 3.63) is 65.4 Å². The standard InChI is InChI=1S/C17H12O3/c18-16(13-6-3-5-11-8-9-19-17(11)13)15-10-12-4-1-2-7-14(12)20-15/h1-7,10H,8-9H2. The molecule has 0 N–H and O–H groups in total. The molecule has 3 heteroatoms. The fraction of sp³-hybridized carbons (Fsp3) is 0.118. The van der Waals surface area contributed by atoms with Crippen molar-refractivity contribution in [2.75, 3.05) is 6.61 Å². The Balaban J connectivity index is 1.83. The highest BCUT2D eigenvalue weighted by molar-refractivity contribution is 6.10. The number of ether oxygens (including phenoxy) is 1. The van der Waals surface area contributed by atoms with Gasteiger partial charge in [0, 0.05) is 11.8 Å². The molecule has 3 nitrogen and oxygen atoms in total. The summed E-state index contributed by atoms with van der Waals surface area (Å²) in [5, 5.41) is 0.935. The molecule has 0 radical (unpaired) electrons. The molecule has 3 aromatic rings. The number of para-hydroxylation sites is 2. The van der Waals surface area contributed by atoms with Crippen LogP contribution in [0, 0.1) is 0 Å². The first-order valence-corrected chi connectivity index (χ1v) is 6.61. The number of carbonyl (C=O) groups excluding carboxylic acids is 1. The third-order valence-electron chi connectivity index (χ3n) is 3.61. The van der Waals surface area contributed by atoms with Gasteiger partial charge in [-0.15, -0.1) is 0 Å². The number of furan rings is 1. The second-order valence-corrected chi connectivity index (χ2v) is 4.87. The Morgan fingerprint density at radius 1 is 1.05 bits per heavy atom. The van der Waals surface area contributed by atoms with Crippen molar-refractivity contribution in [2.45, 2.75) is 6.42 Å². The normalized spacial score (nSPS) is 13.2. The number of hydrogen-bond donors (Lipinski definition) is 0. The second kappa shape index (κ2) is 4.23. The molecule has 0 fully saturated rings. The molecule has 2 heterocycles. The third kappa shape index (κ3) is 1.63. The van der Waals surface area contributed by atoms with Crippen LogP contribution < -0.4 is 4.74 Å². The highest BCUT2D eigenvalue weighted by Gasteiger charge is 2.23. The van der Waals surface area contributed by atoms with Crippen LogP contribution in [0.3, 0.4) is 0 Å². The van der Waals surface area contributed by atoms with E-state index < -0.39 is 0 Å². The fourth-order valence-electron chi connectivity index (χ4n) is 2.62. The number of hydrogen-bond acceptors (Lipinski definition) is 3. The van der Waals surface area contributed by atoms with Gasteiger partial charge in [-0.25, -0.2) is 0 Å². The molecule has 0 saturated carbocycles. The molecule has 0 atom stereocenters. The van der Waals surface area contributed by atoms with E-state index >= 15 is 0 Å². The SMILES string of the molecule is O=C(c1cc2ccccc2o1)c1cccc2c1OCC2. The van der Waals surface area contributed by atoms with Gasteiger partial charge in [-0.2, -0.15) is 0 Å². The minimum atomic E-state index is -0.125. The van der Waals surface area contributed by atoms with Crippen molar-refractivity contribution >= 4 is 16.8 Å². The Bertz CT molecular complexity index is 781. The van der Waals surface area contributed by atoms with Gasteiger partial charge in [0.15, 0.2) is 5.76 Å². The van der Waals surface area contributed by atoms with Gasteiger partial charge in [0.05, 0.1) is 12.2 Å². The van der Waals surface area contributed by atoms with E-state index in [2.05, 4.69) is 0 Å². The van der Waals surface area contributed by atoms with Gasteiger partial charge in [0.1, 0.15) is 11.3 Å². The molecule has 1 aliphatic rings. The van der Waals surface area contributed by atoms with Gasteiger partial charge in [-0.05, 0) is 23.8 Å². The lowest BCUT2D eigenvalue weighted by atomic mass is 10.0. The Morgan fingerprint density at radius 3 is 2.85 bits per heavy atom. The summed E-state index contributed by atoms with van der Waals surface area (Å²) in [5.74, 6) is 0.938. The van der Waals surface area contributed by atoms with Crippen LogP contribution in [0.4, 0.5) is 0 Å². The van der Waals surface area contributed by atoms with E-state index in [0.29, 0.717) is 23.7 Å². The molecular formula is C17H12O3. The lowest BCUT2D eigenvalue weighted by Crippen LogP contribution is -2.02. The second-order valence-electron chi connectivity index (χ2n) is 4.87. The topological polar surface area (TPSA) is 39.4 Å². The summed E-state index contributed by atoms with van der Waals surface area (Å²) in [6.07, 6.45) is 0.858. The number of carbonyl (C=O) groups is 1. The van der Waals surface area contributed by atoms with Crippen LogP contribution in [0.1, 0.15) is 21.7 Å². The number of ketones is 1. The van der Waals surface area contributed by atoms with Crippen LogP contribution in [-0.4, -0.2) is 12.4 Å².